The number of benzene rings is 1. The van der Waals surface area contributed by atoms with Crippen LogP contribution in [0.3, 0.4) is 0 Å². The second kappa shape index (κ2) is 8.26. The summed E-state index contributed by atoms with van der Waals surface area (Å²) in [6.07, 6.45) is 2.73. The van der Waals surface area contributed by atoms with Gasteiger partial charge in [-0.1, -0.05) is 62.0 Å². The molecular formula is C23H24N4O2S2. The molecule has 1 aliphatic heterocycles. The summed E-state index contributed by atoms with van der Waals surface area (Å²) < 4.78 is 9.89. The molecule has 1 aliphatic rings. The van der Waals surface area contributed by atoms with Crippen LogP contribution >= 0.6 is 23.1 Å². The Bertz CT molecular complexity index is 1320. The molecule has 4 aromatic rings. The monoisotopic (exact) mass is 452 g/mol. The second-order valence-electron chi connectivity index (χ2n) is 8.08. The predicted molar refractivity (Wildman–Crippen MR) is 126 cm³/mol. The minimum absolute atomic E-state index is 0.000861. The summed E-state index contributed by atoms with van der Waals surface area (Å²) in [5.74, 6) is 1.70. The van der Waals surface area contributed by atoms with Crippen molar-refractivity contribution in [2.75, 3.05) is 5.75 Å². The van der Waals surface area contributed by atoms with E-state index in [4.69, 9.17) is 4.74 Å². The number of thioether (sulfide) groups is 1. The number of hydrogen-bond donors (Lipinski definition) is 0. The van der Waals surface area contributed by atoms with Gasteiger partial charge in [-0.25, -0.2) is 4.40 Å². The van der Waals surface area contributed by atoms with Gasteiger partial charge in [0.1, 0.15) is 4.83 Å². The van der Waals surface area contributed by atoms with Crippen molar-refractivity contribution < 1.29 is 4.74 Å². The van der Waals surface area contributed by atoms with E-state index in [1.807, 2.05) is 40.8 Å². The first kappa shape index (κ1) is 20.5. The lowest BCUT2D eigenvalue weighted by atomic mass is 9.96. The Hall–Kier alpha value is -2.42. The van der Waals surface area contributed by atoms with E-state index in [-0.39, 0.29) is 11.7 Å². The number of fused-ring (bicyclic) bond motifs is 5. The van der Waals surface area contributed by atoms with E-state index in [1.54, 1.807) is 27.7 Å². The van der Waals surface area contributed by atoms with Crippen LogP contribution in [0.5, 0.6) is 0 Å². The first-order valence-electron chi connectivity index (χ1n) is 10.4. The number of rotatable bonds is 6. The molecule has 1 aromatic carbocycles. The van der Waals surface area contributed by atoms with E-state index in [9.17, 15) is 4.79 Å². The number of thiophene rings is 1. The molecule has 8 heteroatoms. The van der Waals surface area contributed by atoms with Gasteiger partial charge in [0.25, 0.3) is 5.56 Å². The standard InChI is InChI=1S/C23H24N4O2S2/c1-4-10-30-23-25-24-22-26(12-15-8-6-5-7-9-15)20(28)19-16-11-17(14(2)3)29-13-18(16)31-21(19)27(22)23/h4-9,14,17H,1,10-13H2,2-3H3/t17-/m0/s1. The molecule has 0 radical (unpaired) electrons. The van der Waals surface area contributed by atoms with Crippen LogP contribution in [0.4, 0.5) is 0 Å². The Labute approximate surface area is 188 Å². The topological polar surface area (TPSA) is 61.4 Å². The molecule has 0 aliphatic carbocycles. The minimum Gasteiger partial charge on any atom is -0.372 e. The van der Waals surface area contributed by atoms with Crippen molar-refractivity contribution in [3.63, 3.8) is 0 Å². The molecule has 0 unspecified atom stereocenters. The summed E-state index contributed by atoms with van der Waals surface area (Å²) in [4.78, 5) is 15.9. The molecule has 0 amide bonds. The van der Waals surface area contributed by atoms with Crippen molar-refractivity contribution in [3.8, 4) is 0 Å². The van der Waals surface area contributed by atoms with Crippen LogP contribution in [0.2, 0.25) is 0 Å². The van der Waals surface area contributed by atoms with Crippen LogP contribution in [0.1, 0.15) is 29.9 Å². The summed E-state index contributed by atoms with van der Waals surface area (Å²) in [5.41, 5.74) is 2.19. The van der Waals surface area contributed by atoms with Crippen LogP contribution in [0.15, 0.2) is 52.9 Å². The van der Waals surface area contributed by atoms with E-state index >= 15 is 0 Å². The maximum absolute atomic E-state index is 13.8. The fourth-order valence-electron chi connectivity index (χ4n) is 4.06. The summed E-state index contributed by atoms with van der Waals surface area (Å²) in [7, 11) is 0. The van der Waals surface area contributed by atoms with Gasteiger partial charge in [0, 0.05) is 17.1 Å². The Morgan fingerprint density at radius 1 is 1.32 bits per heavy atom. The maximum atomic E-state index is 13.8. The van der Waals surface area contributed by atoms with Gasteiger partial charge in [-0.15, -0.1) is 28.1 Å². The van der Waals surface area contributed by atoms with Gasteiger partial charge in [-0.05, 0) is 17.0 Å². The summed E-state index contributed by atoms with van der Waals surface area (Å²) in [6.45, 7) is 9.16. The zero-order valence-corrected chi connectivity index (χ0v) is 19.2. The summed E-state index contributed by atoms with van der Waals surface area (Å²) in [6, 6.07) is 10.0. The van der Waals surface area contributed by atoms with Crippen LogP contribution in [-0.4, -0.2) is 31.0 Å². The van der Waals surface area contributed by atoms with E-state index in [0.717, 1.165) is 43.6 Å². The van der Waals surface area contributed by atoms with Crippen molar-refractivity contribution in [2.24, 2.45) is 5.92 Å². The highest BCUT2D eigenvalue weighted by Gasteiger charge is 2.29. The van der Waals surface area contributed by atoms with Crippen molar-refractivity contribution in [3.05, 3.63) is 69.3 Å². The first-order chi connectivity index (χ1) is 15.1. The molecule has 0 bridgehead atoms. The molecule has 160 valence electrons. The van der Waals surface area contributed by atoms with E-state index in [2.05, 4.69) is 30.6 Å². The molecule has 0 N–H and O–H groups in total. The maximum Gasteiger partial charge on any atom is 0.264 e. The average molecular weight is 453 g/mol. The van der Waals surface area contributed by atoms with Gasteiger partial charge in [-0.3, -0.25) is 9.36 Å². The van der Waals surface area contributed by atoms with E-state index in [0.29, 0.717) is 24.8 Å². The third kappa shape index (κ3) is 3.52. The molecule has 0 spiro atoms. The Balaban J connectivity index is 1.78. The van der Waals surface area contributed by atoms with Gasteiger partial charge >= 0.3 is 0 Å². The smallest absolute Gasteiger partial charge is 0.264 e. The van der Waals surface area contributed by atoms with E-state index < -0.39 is 0 Å². The number of hydrogen-bond acceptors (Lipinski definition) is 6. The van der Waals surface area contributed by atoms with Crippen LogP contribution < -0.4 is 5.56 Å². The van der Waals surface area contributed by atoms with Gasteiger partial charge in [-0.2, -0.15) is 0 Å². The lowest BCUT2D eigenvalue weighted by Crippen LogP contribution is -2.28. The van der Waals surface area contributed by atoms with Crippen molar-refractivity contribution in [2.45, 2.75) is 44.7 Å². The lowest BCUT2D eigenvalue weighted by Gasteiger charge is -2.26. The van der Waals surface area contributed by atoms with Crippen molar-refractivity contribution >= 4 is 39.1 Å². The zero-order valence-electron chi connectivity index (χ0n) is 17.6. The lowest BCUT2D eigenvalue weighted by molar-refractivity contribution is 0.00200. The fraction of sp³-hybridized carbons (Fsp3) is 0.348. The predicted octanol–water partition coefficient (Wildman–Crippen LogP) is 4.53. The Kier molecular flexibility index (Phi) is 5.45. The third-order valence-electron chi connectivity index (χ3n) is 5.68. The molecule has 0 saturated carbocycles. The van der Waals surface area contributed by atoms with Gasteiger partial charge in [0.05, 0.1) is 24.6 Å². The minimum atomic E-state index is 0.000861. The zero-order chi connectivity index (χ0) is 21.5. The number of ether oxygens (including phenoxy) is 1. The van der Waals surface area contributed by atoms with Gasteiger partial charge < -0.3 is 4.74 Å². The highest BCUT2D eigenvalue weighted by Crippen LogP contribution is 2.37. The SMILES string of the molecule is C=CCSc1nnc2n(Cc3ccccc3)c(=O)c3c4c(sc3n12)CO[C@H](C(C)C)C4. The highest BCUT2D eigenvalue weighted by atomic mass is 32.2. The average Bonchev–Trinajstić information content (AvgIpc) is 3.36. The summed E-state index contributed by atoms with van der Waals surface area (Å²) >= 11 is 3.20. The molecule has 6 nitrogen and oxygen atoms in total. The molecule has 31 heavy (non-hydrogen) atoms. The molecule has 0 fully saturated rings. The van der Waals surface area contributed by atoms with Crippen LogP contribution in [0, 0.1) is 5.92 Å². The Morgan fingerprint density at radius 3 is 2.87 bits per heavy atom. The van der Waals surface area contributed by atoms with E-state index in [1.165, 1.54) is 0 Å². The van der Waals surface area contributed by atoms with Crippen molar-refractivity contribution in [1.82, 2.24) is 19.2 Å². The van der Waals surface area contributed by atoms with Crippen LogP contribution in [0.25, 0.3) is 16.0 Å². The van der Waals surface area contributed by atoms with Crippen molar-refractivity contribution in [1.29, 1.82) is 0 Å². The molecule has 3 aromatic heterocycles. The number of nitrogens with zero attached hydrogens (tertiary/aromatic N) is 4. The quantitative estimate of drug-likeness (QED) is 0.318. The summed E-state index contributed by atoms with van der Waals surface area (Å²) in [5, 5.41) is 10.4. The second-order valence-corrected chi connectivity index (χ2v) is 10.1. The fourth-order valence-corrected chi connectivity index (χ4v) is 6.02. The highest BCUT2D eigenvalue weighted by molar-refractivity contribution is 7.99. The van der Waals surface area contributed by atoms with Crippen LogP contribution in [-0.2, 0) is 24.3 Å². The molecule has 5 rings (SSSR count). The molecule has 4 heterocycles. The third-order valence-corrected chi connectivity index (χ3v) is 7.80. The molecule has 1 atom stereocenters. The first-order valence-corrected chi connectivity index (χ1v) is 12.2. The largest absolute Gasteiger partial charge is 0.372 e. The number of aromatic nitrogens is 4. The van der Waals surface area contributed by atoms with Gasteiger partial charge in [0.15, 0.2) is 5.16 Å². The Morgan fingerprint density at radius 2 is 2.13 bits per heavy atom. The molecule has 0 saturated heterocycles. The molecular weight excluding hydrogens is 428 g/mol. The van der Waals surface area contributed by atoms with Gasteiger partial charge in [0.2, 0.25) is 5.78 Å². The normalized spacial score (nSPS) is 16.3.